The maximum atomic E-state index is 5.65. The number of methoxy groups -OCH3 is 1. The molecule has 0 unspecified atom stereocenters. The SMILES string of the molecule is COc1cccc(COCCNCc2sccc2C)c1. The van der Waals surface area contributed by atoms with Crippen LogP contribution in [0.25, 0.3) is 0 Å². The Balaban J connectivity index is 1.60. The van der Waals surface area contributed by atoms with Gasteiger partial charge in [-0.05, 0) is 41.6 Å². The number of hydrogen-bond donors (Lipinski definition) is 1. The molecule has 1 aromatic heterocycles. The van der Waals surface area contributed by atoms with E-state index in [1.807, 2.05) is 24.3 Å². The Kier molecular flexibility index (Phi) is 6.05. The van der Waals surface area contributed by atoms with Crippen LogP contribution in [0.5, 0.6) is 5.75 Å². The first-order chi connectivity index (χ1) is 9.79. The normalized spacial score (nSPS) is 10.7. The Morgan fingerprint density at radius 1 is 1.25 bits per heavy atom. The largest absolute Gasteiger partial charge is 0.497 e. The molecule has 1 aromatic carbocycles. The van der Waals surface area contributed by atoms with Crippen LogP contribution in [-0.4, -0.2) is 20.3 Å². The second kappa shape index (κ2) is 8.04. The molecule has 20 heavy (non-hydrogen) atoms. The van der Waals surface area contributed by atoms with Crippen molar-refractivity contribution in [2.24, 2.45) is 0 Å². The van der Waals surface area contributed by atoms with E-state index in [9.17, 15) is 0 Å². The fourth-order valence-corrected chi connectivity index (χ4v) is 2.76. The number of benzene rings is 1. The highest BCUT2D eigenvalue weighted by atomic mass is 32.1. The quantitative estimate of drug-likeness (QED) is 0.756. The molecule has 1 N–H and O–H groups in total. The van der Waals surface area contributed by atoms with Crippen LogP contribution in [0.3, 0.4) is 0 Å². The molecule has 0 fully saturated rings. The fourth-order valence-electron chi connectivity index (χ4n) is 1.88. The van der Waals surface area contributed by atoms with Crippen molar-refractivity contribution < 1.29 is 9.47 Å². The maximum Gasteiger partial charge on any atom is 0.119 e. The fraction of sp³-hybridized carbons (Fsp3) is 0.375. The van der Waals surface area contributed by atoms with Gasteiger partial charge in [0, 0.05) is 18.0 Å². The summed E-state index contributed by atoms with van der Waals surface area (Å²) in [6, 6.07) is 10.1. The topological polar surface area (TPSA) is 30.5 Å². The molecule has 2 aromatic rings. The number of nitrogens with one attached hydrogen (secondary N) is 1. The van der Waals surface area contributed by atoms with E-state index in [2.05, 4.69) is 23.7 Å². The van der Waals surface area contributed by atoms with Crippen LogP contribution in [0.1, 0.15) is 16.0 Å². The summed E-state index contributed by atoms with van der Waals surface area (Å²) in [5.41, 5.74) is 2.50. The van der Waals surface area contributed by atoms with Crippen LogP contribution in [0.4, 0.5) is 0 Å². The van der Waals surface area contributed by atoms with E-state index in [-0.39, 0.29) is 0 Å². The average molecular weight is 291 g/mol. The molecule has 0 spiro atoms. The molecule has 2 rings (SSSR count). The molecule has 0 atom stereocenters. The molecule has 0 saturated carbocycles. The zero-order chi connectivity index (χ0) is 14.2. The average Bonchev–Trinajstić information content (AvgIpc) is 2.88. The number of ether oxygens (including phenoxy) is 2. The van der Waals surface area contributed by atoms with Gasteiger partial charge in [0.2, 0.25) is 0 Å². The van der Waals surface area contributed by atoms with Gasteiger partial charge in [0.15, 0.2) is 0 Å². The summed E-state index contributed by atoms with van der Waals surface area (Å²) in [6.45, 7) is 5.26. The van der Waals surface area contributed by atoms with E-state index >= 15 is 0 Å². The standard InChI is InChI=1S/C16H21NO2S/c1-13-6-9-20-16(13)11-17-7-8-19-12-14-4-3-5-15(10-14)18-2/h3-6,9-10,17H,7-8,11-12H2,1-2H3. The van der Waals surface area contributed by atoms with Gasteiger partial charge in [-0.1, -0.05) is 12.1 Å². The monoisotopic (exact) mass is 291 g/mol. The van der Waals surface area contributed by atoms with E-state index in [1.165, 1.54) is 10.4 Å². The van der Waals surface area contributed by atoms with Crippen molar-refractivity contribution >= 4 is 11.3 Å². The second-order valence-corrected chi connectivity index (χ2v) is 5.61. The predicted molar refractivity (Wildman–Crippen MR) is 83.4 cm³/mol. The van der Waals surface area contributed by atoms with Gasteiger partial charge in [-0.2, -0.15) is 0 Å². The lowest BCUT2D eigenvalue weighted by Gasteiger charge is -2.07. The molecule has 0 bridgehead atoms. The predicted octanol–water partition coefficient (Wildman–Crippen LogP) is 3.37. The summed E-state index contributed by atoms with van der Waals surface area (Å²) in [7, 11) is 1.68. The van der Waals surface area contributed by atoms with Crippen LogP contribution < -0.4 is 10.1 Å². The van der Waals surface area contributed by atoms with Gasteiger partial charge in [0.25, 0.3) is 0 Å². The first-order valence-electron chi connectivity index (χ1n) is 6.74. The van der Waals surface area contributed by atoms with Crippen LogP contribution in [0, 0.1) is 6.92 Å². The lowest BCUT2D eigenvalue weighted by Crippen LogP contribution is -2.19. The van der Waals surface area contributed by atoms with Crippen molar-refractivity contribution in [3.05, 3.63) is 51.7 Å². The molecule has 1 heterocycles. The summed E-state index contributed by atoms with van der Waals surface area (Å²) in [5, 5.41) is 5.53. The van der Waals surface area contributed by atoms with E-state index in [1.54, 1.807) is 18.4 Å². The van der Waals surface area contributed by atoms with E-state index in [4.69, 9.17) is 9.47 Å². The maximum absolute atomic E-state index is 5.65. The zero-order valence-corrected chi connectivity index (χ0v) is 12.8. The summed E-state index contributed by atoms with van der Waals surface area (Å²) >= 11 is 1.80. The van der Waals surface area contributed by atoms with Crippen molar-refractivity contribution in [1.29, 1.82) is 0 Å². The van der Waals surface area contributed by atoms with Gasteiger partial charge in [-0.25, -0.2) is 0 Å². The zero-order valence-electron chi connectivity index (χ0n) is 12.0. The van der Waals surface area contributed by atoms with Crippen molar-refractivity contribution in [3.8, 4) is 5.75 Å². The van der Waals surface area contributed by atoms with Gasteiger partial charge in [0.05, 0.1) is 20.3 Å². The first kappa shape index (κ1) is 15.0. The first-order valence-corrected chi connectivity index (χ1v) is 7.62. The third kappa shape index (κ3) is 4.63. The highest BCUT2D eigenvalue weighted by Gasteiger charge is 1.99. The minimum Gasteiger partial charge on any atom is -0.497 e. The summed E-state index contributed by atoms with van der Waals surface area (Å²) in [4.78, 5) is 1.40. The molecular weight excluding hydrogens is 270 g/mol. The van der Waals surface area contributed by atoms with Gasteiger partial charge in [-0.15, -0.1) is 11.3 Å². The highest BCUT2D eigenvalue weighted by molar-refractivity contribution is 7.10. The minimum atomic E-state index is 0.622. The Morgan fingerprint density at radius 3 is 2.90 bits per heavy atom. The number of rotatable bonds is 8. The van der Waals surface area contributed by atoms with Crippen molar-refractivity contribution in [2.75, 3.05) is 20.3 Å². The Labute approximate surface area is 124 Å². The number of thiophene rings is 1. The molecule has 0 aliphatic rings. The van der Waals surface area contributed by atoms with Crippen molar-refractivity contribution in [1.82, 2.24) is 5.32 Å². The van der Waals surface area contributed by atoms with Gasteiger partial charge in [0.1, 0.15) is 5.75 Å². The lowest BCUT2D eigenvalue weighted by atomic mass is 10.2. The number of hydrogen-bond acceptors (Lipinski definition) is 4. The smallest absolute Gasteiger partial charge is 0.119 e. The van der Waals surface area contributed by atoms with Crippen LogP contribution in [0.15, 0.2) is 35.7 Å². The van der Waals surface area contributed by atoms with Crippen LogP contribution >= 0.6 is 11.3 Å². The van der Waals surface area contributed by atoms with E-state index < -0.39 is 0 Å². The highest BCUT2D eigenvalue weighted by Crippen LogP contribution is 2.15. The lowest BCUT2D eigenvalue weighted by molar-refractivity contribution is 0.122. The third-order valence-corrected chi connectivity index (χ3v) is 4.10. The Bertz CT molecular complexity index is 525. The molecule has 4 heteroatoms. The molecular formula is C16H21NO2S. The minimum absolute atomic E-state index is 0.622. The summed E-state index contributed by atoms with van der Waals surface area (Å²) in [5.74, 6) is 0.873. The Morgan fingerprint density at radius 2 is 2.15 bits per heavy atom. The van der Waals surface area contributed by atoms with Crippen molar-refractivity contribution in [3.63, 3.8) is 0 Å². The molecule has 0 saturated heterocycles. The van der Waals surface area contributed by atoms with Crippen molar-refractivity contribution in [2.45, 2.75) is 20.1 Å². The second-order valence-electron chi connectivity index (χ2n) is 4.61. The third-order valence-electron chi connectivity index (χ3n) is 3.08. The number of aryl methyl sites for hydroxylation is 1. The van der Waals surface area contributed by atoms with Crippen LogP contribution in [0.2, 0.25) is 0 Å². The summed E-state index contributed by atoms with van der Waals surface area (Å²) in [6.07, 6.45) is 0. The molecule has 0 amide bonds. The van der Waals surface area contributed by atoms with Gasteiger partial charge < -0.3 is 14.8 Å². The summed E-state index contributed by atoms with van der Waals surface area (Å²) < 4.78 is 10.8. The Hall–Kier alpha value is -1.36. The molecule has 0 aliphatic heterocycles. The molecule has 0 radical (unpaired) electrons. The van der Waals surface area contributed by atoms with Crippen LogP contribution in [-0.2, 0) is 17.9 Å². The van der Waals surface area contributed by atoms with E-state index in [0.717, 1.165) is 24.4 Å². The van der Waals surface area contributed by atoms with Gasteiger partial charge >= 0.3 is 0 Å². The van der Waals surface area contributed by atoms with Gasteiger partial charge in [-0.3, -0.25) is 0 Å². The van der Waals surface area contributed by atoms with E-state index in [0.29, 0.717) is 13.2 Å². The molecule has 3 nitrogen and oxygen atoms in total. The molecule has 0 aliphatic carbocycles. The molecule has 108 valence electrons.